The number of aromatic carboxylic acids is 1. The number of pyridine rings is 1. The van der Waals surface area contributed by atoms with Crippen LogP contribution in [0, 0.1) is 0 Å². The van der Waals surface area contributed by atoms with Crippen molar-refractivity contribution in [3.63, 3.8) is 0 Å². The molecule has 0 saturated heterocycles. The van der Waals surface area contributed by atoms with Crippen molar-refractivity contribution in [1.29, 1.82) is 0 Å². The Morgan fingerprint density at radius 3 is 2.60 bits per heavy atom. The number of nitrogens with zero attached hydrogens (tertiary/aromatic N) is 5. The second-order valence-electron chi connectivity index (χ2n) is 8.64. The van der Waals surface area contributed by atoms with E-state index in [9.17, 15) is 19.8 Å². The lowest BCUT2D eigenvalue weighted by molar-refractivity contribution is 0.0693. The largest absolute Gasteiger partial charge is 0.478 e. The Bertz CT molecular complexity index is 1460. The highest BCUT2D eigenvalue weighted by atomic mass is 16.4. The Kier molecular flexibility index (Phi) is 5.62. The minimum Gasteiger partial charge on any atom is -0.478 e. The zero-order valence-corrected chi connectivity index (χ0v) is 19.2. The third kappa shape index (κ3) is 3.95. The van der Waals surface area contributed by atoms with E-state index in [2.05, 4.69) is 10.2 Å². The van der Waals surface area contributed by atoms with Gasteiger partial charge in [-0.2, -0.15) is 0 Å². The second kappa shape index (κ2) is 8.77. The van der Waals surface area contributed by atoms with Crippen LogP contribution in [0.3, 0.4) is 0 Å². The SMILES string of the molecule is CC(C)n1cnnc1-c1cccc(N2Cc3ccc(-c4ccc(CO)c(C(=O)O)c4)cc3C2=O)n1. The van der Waals surface area contributed by atoms with E-state index in [1.165, 1.54) is 6.07 Å². The quantitative estimate of drug-likeness (QED) is 0.439. The van der Waals surface area contributed by atoms with Gasteiger partial charge < -0.3 is 14.8 Å². The molecule has 0 unspecified atom stereocenters. The number of carboxylic acid groups (broad SMARTS) is 1. The van der Waals surface area contributed by atoms with Crippen molar-refractivity contribution in [2.75, 3.05) is 4.90 Å². The maximum absolute atomic E-state index is 13.4. The normalized spacial score (nSPS) is 12.9. The molecule has 2 aromatic carbocycles. The molecule has 3 heterocycles. The van der Waals surface area contributed by atoms with E-state index >= 15 is 0 Å². The van der Waals surface area contributed by atoms with E-state index in [0.29, 0.717) is 40.6 Å². The molecule has 1 aliphatic rings. The van der Waals surface area contributed by atoms with Crippen molar-refractivity contribution in [3.05, 3.63) is 83.2 Å². The molecule has 0 bridgehead atoms. The second-order valence-corrected chi connectivity index (χ2v) is 8.64. The summed E-state index contributed by atoms with van der Waals surface area (Å²) in [7, 11) is 0. The fourth-order valence-electron chi connectivity index (χ4n) is 4.26. The molecule has 0 atom stereocenters. The number of aliphatic hydroxyl groups is 1. The van der Waals surface area contributed by atoms with Crippen LogP contribution in [0.25, 0.3) is 22.6 Å². The Labute approximate surface area is 201 Å². The van der Waals surface area contributed by atoms with Gasteiger partial charge >= 0.3 is 5.97 Å². The van der Waals surface area contributed by atoms with Crippen LogP contribution in [0.4, 0.5) is 5.82 Å². The van der Waals surface area contributed by atoms with Crippen molar-refractivity contribution in [1.82, 2.24) is 19.7 Å². The first-order valence-corrected chi connectivity index (χ1v) is 11.2. The number of rotatable bonds is 6. The molecule has 1 aliphatic heterocycles. The molecule has 0 fully saturated rings. The van der Waals surface area contributed by atoms with Gasteiger partial charge in [0.2, 0.25) is 0 Å². The van der Waals surface area contributed by atoms with Crippen LogP contribution in [-0.2, 0) is 13.2 Å². The van der Waals surface area contributed by atoms with Gasteiger partial charge in [-0.15, -0.1) is 10.2 Å². The van der Waals surface area contributed by atoms with Gasteiger partial charge in [0.1, 0.15) is 17.8 Å². The third-order valence-electron chi connectivity index (χ3n) is 6.13. The van der Waals surface area contributed by atoms with Crippen LogP contribution < -0.4 is 4.90 Å². The molecule has 35 heavy (non-hydrogen) atoms. The summed E-state index contributed by atoms with van der Waals surface area (Å²) >= 11 is 0. The smallest absolute Gasteiger partial charge is 0.336 e. The van der Waals surface area contributed by atoms with E-state index in [4.69, 9.17) is 4.98 Å². The minimum atomic E-state index is -1.11. The number of carboxylic acids is 1. The Balaban J connectivity index is 1.47. The van der Waals surface area contributed by atoms with Gasteiger partial charge in [0.15, 0.2) is 5.82 Å². The number of hydrogen-bond donors (Lipinski definition) is 2. The fourth-order valence-corrected chi connectivity index (χ4v) is 4.26. The molecule has 176 valence electrons. The number of hydrogen-bond acceptors (Lipinski definition) is 6. The number of benzene rings is 2. The molecule has 2 N–H and O–H groups in total. The number of carbonyl (C=O) groups is 2. The lowest BCUT2D eigenvalue weighted by Crippen LogP contribution is -2.24. The zero-order valence-electron chi connectivity index (χ0n) is 19.2. The fraction of sp³-hybridized carbons (Fsp3) is 0.192. The minimum absolute atomic E-state index is 0.0358. The first-order chi connectivity index (χ1) is 16.9. The van der Waals surface area contributed by atoms with Crippen LogP contribution in [-0.4, -0.2) is 41.8 Å². The molecule has 9 heteroatoms. The summed E-state index contributed by atoms with van der Waals surface area (Å²) < 4.78 is 1.92. The number of aromatic nitrogens is 4. The zero-order chi connectivity index (χ0) is 24.7. The molecule has 0 saturated carbocycles. The first-order valence-electron chi connectivity index (χ1n) is 11.2. The standard InChI is InChI=1S/C26H23N5O4/c1-15(2)31-14-27-29-24(31)22-4-3-5-23(28-22)30-12-18-8-6-16(10-20(18)25(30)33)17-7-9-19(13-32)21(11-17)26(34)35/h3-11,14-15,32H,12-13H2,1-2H3,(H,34,35). The van der Waals surface area contributed by atoms with Crippen LogP contribution in [0.5, 0.6) is 0 Å². The number of amides is 1. The molecule has 9 nitrogen and oxygen atoms in total. The van der Waals surface area contributed by atoms with E-state index in [-0.39, 0.29) is 24.1 Å². The molecule has 2 aromatic heterocycles. The van der Waals surface area contributed by atoms with Crippen LogP contribution in [0.15, 0.2) is 60.9 Å². The number of fused-ring (bicyclic) bond motifs is 1. The Morgan fingerprint density at radius 2 is 1.86 bits per heavy atom. The van der Waals surface area contributed by atoms with Gasteiger partial charge in [-0.3, -0.25) is 9.69 Å². The van der Waals surface area contributed by atoms with Crippen LogP contribution >= 0.6 is 0 Å². The molecular weight excluding hydrogens is 446 g/mol. The summed E-state index contributed by atoms with van der Waals surface area (Å²) in [6.07, 6.45) is 1.66. The maximum atomic E-state index is 13.4. The van der Waals surface area contributed by atoms with Gasteiger partial charge in [0.05, 0.1) is 18.7 Å². The maximum Gasteiger partial charge on any atom is 0.336 e. The average Bonchev–Trinajstić information content (AvgIpc) is 3.49. The van der Waals surface area contributed by atoms with Crippen molar-refractivity contribution in [2.45, 2.75) is 33.0 Å². The summed E-state index contributed by atoms with van der Waals surface area (Å²) in [4.78, 5) is 31.3. The van der Waals surface area contributed by atoms with E-state index in [0.717, 1.165) is 11.1 Å². The lowest BCUT2D eigenvalue weighted by atomic mass is 9.97. The summed E-state index contributed by atoms with van der Waals surface area (Å²) in [6, 6.07) is 16.0. The highest BCUT2D eigenvalue weighted by Gasteiger charge is 2.30. The van der Waals surface area contributed by atoms with Crippen molar-refractivity contribution < 1.29 is 19.8 Å². The van der Waals surface area contributed by atoms with Crippen molar-refractivity contribution in [2.24, 2.45) is 0 Å². The molecular formula is C26H23N5O4. The summed E-state index contributed by atoms with van der Waals surface area (Å²) in [6.45, 7) is 4.09. The Morgan fingerprint density at radius 1 is 1.09 bits per heavy atom. The van der Waals surface area contributed by atoms with Crippen LogP contribution in [0.1, 0.15) is 51.7 Å². The van der Waals surface area contributed by atoms with Gasteiger partial charge in [0.25, 0.3) is 5.91 Å². The predicted molar refractivity (Wildman–Crippen MR) is 129 cm³/mol. The highest BCUT2D eigenvalue weighted by Crippen LogP contribution is 2.32. The van der Waals surface area contributed by atoms with E-state index < -0.39 is 5.97 Å². The van der Waals surface area contributed by atoms with E-state index in [1.54, 1.807) is 35.5 Å². The Hall–Kier alpha value is -4.37. The van der Waals surface area contributed by atoms with E-state index in [1.807, 2.05) is 42.7 Å². The topological polar surface area (TPSA) is 121 Å². The third-order valence-corrected chi connectivity index (χ3v) is 6.13. The van der Waals surface area contributed by atoms with Crippen LogP contribution in [0.2, 0.25) is 0 Å². The molecule has 0 aliphatic carbocycles. The lowest BCUT2D eigenvalue weighted by Gasteiger charge is -2.16. The monoisotopic (exact) mass is 469 g/mol. The summed E-state index contributed by atoms with van der Waals surface area (Å²) in [5.41, 5.74) is 3.78. The van der Waals surface area contributed by atoms with Gasteiger partial charge in [-0.1, -0.05) is 30.3 Å². The van der Waals surface area contributed by atoms with Gasteiger partial charge in [-0.25, -0.2) is 9.78 Å². The van der Waals surface area contributed by atoms with Crippen molar-refractivity contribution >= 4 is 17.7 Å². The van der Waals surface area contributed by atoms with Gasteiger partial charge in [0, 0.05) is 11.6 Å². The summed E-state index contributed by atoms with van der Waals surface area (Å²) in [5.74, 6) is -0.140. The predicted octanol–water partition coefficient (Wildman–Crippen LogP) is 3.94. The molecule has 1 amide bonds. The van der Waals surface area contributed by atoms with Gasteiger partial charge in [-0.05, 0) is 60.4 Å². The number of anilines is 1. The first kappa shape index (κ1) is 22.4. The molecule has 5 rings (SSSR count). The highest BCUT2D eigenvalue weighted by molar-refractivity contribution is 6.10. The number of aliphatic hydroxyl groups excluding tert-OH is 1. The molecule has 0 radical (unpaired) electrons. The van der Waals surface area contributed by atoms with Crippen molar-refractivity contribution in [3.8, 4) is 22.6 Å². The molecule has 4 aromatic rings. The summed E-state index contributed by atoms with van der Waals surface area (Å²) in [5, 5.41) is 27.1. The average molecular weight is 470 g/mol. The molecule has 0 spiro atoms. The number of carbonyl (C=O) groups excluding carboxylic acids is 1.